The minimum absolute atomic E-state index is 0.00229. The number of sulfone groups is 1. The SMILES string of the molecule is Cc1cc(C2CCC2)nc(F)c1Oc1nnc(C(F)(F)F)c(C)c1C(=O)Nc1cccc(S(C)(=O)=O)c1. The molecule has 1 aliphatic carbocycles. The Kier molecular flexibility index (Phi) is 6.93. The van der Waals surface area contributed by atoms with Crippen LogP contribution < -0.4 is 10.1 Å². The first-order valence-electron chi connectivity index (χ1n) is 11.2. The van der Waals surface area contributed by atoms with Crippen molar-refractivity contribution in [1.82, 2.24) is 15.2 Å². The summed E-state index contributed by atoms with van der Waals surface area (Å²) >= 11 is 0. The Morgan fingerprint density at radius 1 is 1.14 bits per heavy atom. The number of hydrogen-bond donors (Lipinski definition) is 1. The summed E-state index contributed by atoms with van der Waals surface area (Å²) in [6.45, 7) is 2.55. The Labute approximate surface area is 210 Å². The molecule has 13 heteroatoms. The summed E-state index contributed by atoms with van der Waals surface area (Å²) in [4.78, 5) is 17.0. The van der Waals surface area contributed by atoms with Crippen molar-refractivity contribution in [2.24, 2.45) is 0 Å². The predicted octanol–water partition coefficient (Wildman–Crippen LogP) is 5.36. The van der Waals surface area contributed by atoms with Crippen molar-refractivity contribution < 1.29 is 35.5 Å². The Balaban J connectivity index is 1.75. The summed E-state index contributed by atoms with van der Waals surface area (Å²) in [5.41, 5.74) is -1.81. The number of hydrogen-bond acceptors (Lipinski definition) is 7. The first-order valence-corrected chi connectivity index (χ1v) is 13.1. The van der Waals surface area contributed by atoms with Gasteiger partial charge in [-0.05, 0) is 62.1 Å². The highest BCUT2D eigenvalue weighted by molar-refractivity contribution is 7.90. The maximum absolute atomic E-state index is 14.9. The second-order valence-corrected chi connectivity index (χ2v) is 10.8. The summed E-state index contributed by atoms with van der Waals surface area (Å²) in [5, 5.41) is 8.97. The molecule has 0 atom stereocenters. The highest BCUT2D eigenvalue weighted by Crippen LogP contribution is 2.39. The van der Waals surface area contributed by atoms with Gasteiger partial charge in [0.25, 0.3) is 17.7 Å². The number of alkyl halides is 3. The lowest BCUT2D eigenvalue weighted by molar-refractivity contribution is -0.142. The van der Waals surface area contributed by atoms with E-state index in [1.807, 2.05) is 0 Å². The van der Waals surface area contributed by atoms with E-state index in [-0.39, 0.29) is 16.5 Å². The molecule has 3 aromatic rings. The number of ether oxygens (including phenoxy) is 1. The molecule has 2 heterocycles. The number of pyridine rings is 1. The van der Waals surface area contributed by atoms with Gasteiger partial charge in [0.1, 0.15) is 5.56 Å². The first-order chi connectivity index (χ1) is 17.3. The van der Waals surface area contributed by atoms with Crippen molar-refractivity contribution >= 4 is 21.4 Å². The molecule has 8 nitrogen and oxygen atoms in total. The number of aromatic nitrogens is 3. The number of nitrogens with one attached hydrogen (secondary N) is 1. The van der Waals surface area contributed by atoms with E-state index in [2.05, 4.69) is 20.5 Å². The van der Waals surface area contributed by atoms with Gasteiger partial charge in [0.15, 0.2) is 21.3 Å². The summed E-state index contributed by atoms with van der Waals surface area (Å²) in [6.07, 6.45) is -1.21. The van der Waals surface area contributed by atoms with Crippen molar-refractivity contribution in [2.45, 2.75) is 50.1 Å². The van der Waals surface area contributed by atoms with E-state index < -0.39 is 56.3 Å². The van der Waals surface area contributed by atoms with Crippen LogP contribution in [-0.2, 0) is 16.0 Å². The number of carbonyl (C=O) groups is 1. The molecule has 0 unspecified atom stereocenters. The monoisotopic (exact) mass is 538 g/mol. The van der Waals surface area contributed by atoms with Crippen molar-refractivity contribution in [1.29, 1.82) is 0 Å². The fourth-order valence-corrected chi connectivity index (χ4v) is 4.55. The number of aryl methyl sites for hydroxylation is 1. The maximum atomic E-state index is 14.9. The number of benzene rings is 1. The van der Waals surface area contributed by atoms with E-state index in [1.54, 1.807) is 13.0 Å². The average Bonchev–Trinajstić information content (AvgIpc) is 2.73. The zero-order chi connectivity index (χ0) is 27.1. The van der Waals surface area contributed by atoms with Crippen molar-refractivity contribution in [3.8, 4) is 11.6 Å². The summed E-state index contributed by atoms with van der Waals surface area (Å²) in [6, 6.07) is 6.79. The Hall–Kier alpha value is -3.61. The van der Waals surface area contributed by atoms with Gasteiger partial charge in [-0.15, -0.1) is 10.2 Å². The molecule has 0 bridgehead atoms. The molecular formula is C24H22F4N4O4S. The molecule has 1 fully saturated rings. The fraction of sp³-hybridized carbons (Fsp3) is 0.333. The van der Waals surface area contributed by atoms with Crippen LogP contribution in [-0.4, -0.2) is 35.8 Å². The summed E-state index contributed by atoms with van der Waals surface area (Å²) < 4.78 is 84.7. The highest BCUT2D eigenvalue weighted by atomic mass is 32.2. The van der Waals surface area contributed by atoms with E-state index in [0.29, 0.717) is 11.3 Å². The standard InChI is InChI=1S/C24H22F4N4O4S/c1-12-10-17(14-6-4-7-14)30-21(25)19(12)36-23-18(13(2)20(31-32-23)24(26,27)28)22(33)29-15-8-5-9-16(11-15)37(3,34)35/h5,8-11,14H,4,6-7H2,1-3H3,(H,29,33). The predicted molar refractivity (Wildman–Crippen MR) is 125 cm³/mol. The fourth-order valence-electron chi connectivity index (χ4n) is 3.88. The zero-order valence-electron chi connectivity index (χ0n) is 20.0. The van der Waals surface area contributed by atoms with E-state index in [4.69, 9.17) is 4.74 Å². The molecule has 0 spiro atoms. The third kappa shape index (κ3) is 5.55. The molecule has 0 saturated heterocycles. The lowest BCUT2D eigenvalue weighted by atomic mass is 9.82. The van der Waals surface area contributed by atoms with Gasteiger partial charge in [-0.1, -0.05) is 12.5 Å². The second kappa shape index (κ2) is 9.69. The third-order valence-corrected chi connectivity index (χ3v) is 7.17. The lowest BCUT2D eigenvalue weighted by Gasteiger charge is -2.25. The molecule has 2 aromatic heterocycles. The van der Waals surface area contributed by atoms with Gasteiger partial charge in [0, 0.05) is 23.6 Å². The largest absolute Gasteiger partial charge is 0.435 e. The molecule has 1 aliphatic rings. The normalized spacial score (nSPS) is 14.2. The molecule has 37 heavy (non-hydrogen) atoms. The van der Waals surface area contributed by atoms with Gasteiger partial charge in [-0.3, -0.25) is 4.79 Å². The molecule has 1 aromatic carbocycles. The van der Waals surface area contributed by atoms with Crippen molar-refractivity contribution in [2.75, 3.05) is 11.6 Å². The molecule has 1 saturated carbocycles. The molecule has 1 N–H and O–H groups in total. The minimum Gasteiger partial charge on any atom is -0.432 e. The smallest absolute Gasteiger partial charge is 0.432 e. The van der Waals surface area contributed by atoms with Gasteiger partial charge in [0.05, 0.1) is 4.90 Å². The van der Waals surface area contributed by atoms with Gasteiger partial charge < -0.3 is 10.1 Å². The first kappa shape index (κ1) is 26.5. The minimum atomic E-state index is -4.94. The van der Waals surface area contributed by atoms with Crippen LogP contribution in [0.25, 0.3) is 0 Å². The average molecular weight is 539 g/mol. The van der Waals surface area contributed by atoms with Crippen LogP contribution in [0.3, 0.4) is 0 Å². The van der Waals surface area contributed by atoms with Crippen LogP contribution in [0.5, 0.6) is 11.6 Å². The number of halogens is 4. The lowest BCUT2D eigenvalue weighted by Crippen LogP contribution is -2.21. The summed E-state index contributed by atoms with van der Waals surface area (Å²) in [7, 11) is -3.62. The van der Waals surface area contributed by atoms with Crippen LogP contribution in [0.15, 0.2) is 35.2 Å². The molecule has 1 amide bonds. The van der Waals surface area contributed by atoms with E-state index in [9.17, 15) is 30.8 Å². The van der Waals surface area contributed by atoms with Gasteiger partial charge in [-0.2, -0.15) is 17.6 Å². The Morgan fingerprint density at radius 3 is 2.41 bits per heavy atom. The molecule has 4 rings (SSSR count). The molecular weight excluding hydrogens is 516 g/mol. The van der Waals surface area contributed by atoms with Gasteiger partial charge in [0.2, 0.25) is 0 Å². The van der Waals surface area contributed by atoms with Crippen molar-refractivity contribution in [3.63, 3.8) is 0 Å². The zero-order valence-corrected chi connectivity index (χ0v) is 20.8. The van der Waals surface area contributed by atoms with Gasteiger partial charge in [-0.25, -0.2) is 13.4 Å². The number of anilines is 1. The Morgan fingerprint density at radius 2 is 1.84 bits per heavy atom. The third-order valence-electron chi connectivity index (χ3n) is 6.06. The van der Waals surface area contributed by atoms with Crippen LogP contribution >= 0.6 is 0 Å². The number of amides is 1. The maximum Gasteiger partial charge on any atom is 0.435 e. The van der Waals surface area contributed by atoms with E-state index in [0.717, 1.165) is 38.5 Å². The van der Waals surface area contributed by atoms with Crippen molar-refractivity contribution in [3.05, 3.63) is 64.4 Å². The molecule has 0 aliphatic heterocycles. The van der Waals surface area contributed by atoms with E-state index >= 15 is 0 Å². The van der Waals surface area contributed by atoms with Crippen LogP contribution in [0, 0.1) is 19.8 Å². The number of rotatable bonds is 6. The number of nitrogens with zero attached hydrogens (tertiary/aromatic N) is 3. The van der Waals surface area contributed by atoms with E-state index in [1.165, 1.54) is 18.2 Å². The van der Waals surface area contributed by atoms with Crippen LogP contribution in [0.1, 0.15) is 58.1 Å². The molecule has 196 valence electrons. The van der Waals surface area contributed by atoms with Gasteiger partial charge >= 0.3 is 6.18 Å². The van der Waals surface area contributed by atoms with Crippen LogP contribution in [0.4, 0.5) is 23.2 Å². The number of carbonyl (C=O) groups excluding carboxylic acids is 1. The quantitative estimate of drug-likeness (QED) is 0.332. The topological polar surface area (TPSA) is 111 Å². The highest BCUT2D eigenvalue weighted by Gasteiger charge is 2.38. The Bertz CT molecular complexity index is 1470. The molecule has 0 radical (unpaired) electrons. The summed E-state index contributed by atoms with van der Waals surface area (Å²) in [5.74, 6) is -3.02. The second-order valence-electron chi connectivity index (χ2n) is 8.82. The van der Waals surface area contributed by atoms with Crippen LogP contribution in [0.2, 0.25) is 0 Å².